The van der Waals surface area contributed by atoms with Gasteiger partial charge < -0.3 is 9.47 Å². The van der Waals surface area contributed by atoms with E-state index < -0.39 is 0 Å². The molecule has 0 spiro atoms. The highest BCUT2D eigenvalue weighted by atomic mass is 15.1. The molecule has 0 aliphatic heterocycles. The largest absolute Gasteiger partial charge is 0.310 e. The molecule has 318 valence electrons. The van der Waals surface area contributed by atoms with Gasteiger partial charge in [-0.25, -0.2) is 0 Å². The Bertz CT molecular complexity index is 4000. The van der Waals surface area contributed by atoms with Gasteiger partial charge in [-0.2, -0.15) is 0 Å². The fourth-order valence-corrected chi connectivity index (χ4v) is 10.6. The van der Waals surface area contributed by atoms with Crippen molar-refractivity contribution in [2.24, 2.45) is 0 Å². The summed E-state index contributed by atoms with van der Waals surface area (Å²) in [7, 11) is 0. The number of fused-ring (bicyclic) bond motifs is 8. The van der Waals surface area contributed by atoms with Crippen LogP contribution in [0.15, 0.2) is 267 Å². The fraction of sp³-hybridized carbons (Fsp3) is 0. The van der Waals surface area contributed by atoms with Crippen LogP contribution in [0.1, 0.15) is 0 Å². The minimum absolute atomic E-state index is 1.08. The van der Waals surface area contributed by atoms with Crippen molar-refractivity contribution >= 4 is 71.2 Å². The van der Waals surface area contributed by atoms with Crippen molar-refractivity contribution in [3.63, 3.8) is 0 Å². The quantitative estimate of drug-likeness (QED) is 0.138. The fourth-order valence-electron chi connectivity index (χ4n) is 10.6. The van der Waals surface area contributed by atoms with Crippen LogP contribution in [0, 0.1) is 0 Å². The Labute approximate surface area is 395 Å². The number of para-hydroxylation sites is 2. The molecule has 0 aliphatic carbocycles. The van der Waals surface area contributed by atoms with Gasteiger partial charge in [0.25, 0.3) is 0 Å². The van der Waals surface area contributed by atoms with Crippen LogP contribution in [0.5, 0.6) is 0 Å². The van der Waals surface area contributed by atoms with Crippen molar-refractivity contribution in [3.8, 4) is 50.2 Å². The summed E-state index contributed by atoms with van der Waals surface area (Å²) in [5.41, 5.74) is 16.4. The molecule has 0 saturated carbocycles. The molecule has 13 aromatic rings. The van der Waals surface area contributed by atoms with Gasteiger partial charge >= 0.3 is 0 Å². The molecular weight excluding hydrogens is 821 g/mol. The summed E-state index contributed by atoms with van der Waals surface area (Å²) in [6.07, 6.45) is 0. The highest BCUT2D eigenvalue weighted by Crippen LogP contribution is 2.45. The average molecular weight is 865 g/mol. The van der Waals surface area contributed by atoms with Crippen molar-refractivity contribution in [1.82, 2.24) is 4.57 Å². The summed E-state index contributed by atoms with van der Waals surface area (Å²) >= 11 is 0. The standard InChI is InChI=1S/C66H44N2/c1-3-18-45(19-4-1)55-26-11-12-27-56(55)46-34-38-52(39-35-46)67(53-40-36-47(37-41-53)62-43-49-20-7-9-28-57(49)59-30-13-14-31-60(59)62)54-25-17-22-48(42-54)63-44-50-21-8-10-29-58(50)66-65(63)61-32-15-16-33-64(61)68(66)51-23-5-2-6-24-51/h1-44H. The average Bonchev–Trinajstić information content (AvgIpc) is 3.77. The van der Waals surface area contributed by atoms with E-state index >= 15 is 0 Å². The summed E-state index contributed by atoms with van der Waals surface area (Å²) in [5.74, 6) is 0. The van der Waals surface area contributed by atoms with Crippen molar-refractivity contribution in [3.05, 3.63) is 267 Å². The zero-order valence-corrected chi connectivity index (χ0v) is 37.3. The molecule has 0 radical (unpaired) electrons. The second-order valence-corrected chi connectivity index (χ2v) is 17.6. The van der Waals surface area contributed by atoms with Crippen molar-refractivity contribution in [2.45, 2.75) is 0 Å². The maximum absolute atomic E-state index is 2.45. The van der Waals surface area contributed by atoms with Gasteiger partial charge in [0.1, 0.15) is 0 Å². The van der Waals surface area contributed by atoms with Crippen molar-refractivity contribution in [2.75, 3.05) is 4.90 Å². The minimum atomic E-state index is 1.08. The predicted octanol–water partition coefficient (Wildman–Crippen LogP) is 18.4. The number of rotatable bonds is 8. The molecule has 1 heterocycles. The van der Waals surface area contributed by atoms with Crippen LogP contribution in [0.25, 0.3) is 104 Å². The van der Waals surface area contributed by atoms with E-state index in [4.69, 9.17) is 0 Å². The van der Waals surface area contributed by atoms with E-state index in [1.165, 1.54) is 93.1 Å². The molecule has 0 atom stereocenters. The summed E-state index contributed by atoms with van der Waals surface area (Å²) in [4.78, 5) is 2.41. The SMILES string of the molecule is c1ccc(-c2ccccc2-c2ccc(N(c3ccc(-c4cc5ccccc5c5ccccc45)cc3)c3cccc(-c4cc5ccccc5c5c4c4ccccc4n5-c4ccccc4)c3)cc2)cc1. The third-order valence-corrected chi connectivity index (χ3v) is 13.7. The topological polar surface area (TPSA) is 8.17 Å². The van der Waals surface area contributed by atoms with Gasteiger partial charge in [0.15, 0.2) is 0 Å². The van der Waals surface area contributed by atoms with E-state index in [0.29, 0.717) is 0 Å². The lowest BCUT2D eigenvalue weighted by atomic mass is 9.93. The zero-order chi connectivity index (χ0) is 45.0. The molecule has 68 heavy (non-hydrogen) atoms. The van der Waals surface area contributed by atoms with E-state index in [-0.39, 0.29) is 0 Å². The zero-order valence-electron chi connectivity index (χ0n) is 37.3. The van der Waals surface area contributed by atoms with E-state index in [1.54, 1.807) is 0 Å². The third-order valence-electron chi connectivity index (χ3n) is 13.7. The maximum atomic E-state index is 2.45. The Kier molecular flexibility index (Phi) is 9.54. The lowest BCUT2D eigenvalue weighted by molar-refractivity contribution is 1.19. The molecule has 13 rings (SSSR count). The number of aromatic nitrogens is 1. The predicted molar refractivity (Wildman–Crippen MR) is 290 cm³/mol. The van der Waals surface area contributed by atoms with Gasteiger partial charge in [-0.1, -0.05) is 200 Å². The number of nitrogens with zero attached hydrogens (tertiary/aromatic N) is 2. The molecule has 0 bridgehead atoms. The van der Waals surface area contributed by atoms with Crippen LogP contribution in [0.4, 0.5) is 17.1 Å². The number of hydrogen-bond donors (Lipinski definition) is 0. The Morgan fingerprint density at radius 3 is 1.44 bits per heavy atom. The molecule has 1 aromatic heterocycles. The molecule has 2 heteroatoms. The molecule has 0 amide bonds. The van der Waals surface area contributed by atoms with Gasteiger partial charge in [-0.05, 0) is 138 Å². The van der Waals surface area contributed by atoms with Gasteiger partial charge in [-0.15, -0.1) is 0 Å². The summed E-state index contributed by atoms with van der Waals surface area (Å²) in [5, 5.41) is 9.97. The van der Waals surface area contributed by atoms with Crippen LogP contribution in [-0.4, -0.2) is 4.57 Å². The first-order chi connectivity index (χ1) is 33.7. The van der Waals surface area contributed by atoms with E-state index in [0.717, 1.165) is 28.3 Å². The Morgan fingerprint density at radius 1 is 0.265 bits per heavy atom. The van der Waals surface area contributed by atoms with Crippen LogP contribution in [0.2, 0.25) is 0 Å². The monoisotopic (exact) mass is 864 g/mol. The Balaban J connectivity index is 0.990. The van der Waals surface area contributed by atoms with Gasteiger partial charge in [0, 0.05) is 38.9 Å². The second-order valence-electron chi connectivity index (χ2n) is 17.6. The van der Waals surface area contributed by atoms with Crippen LogP contribution < -0.4 is 4.90 Å². The number of hydrogen-bond acceptors (Lipinski definition) is 1. The lowest BCUT2D eigenvalue weighted by Crippen LogP contribution is -2.10. The second kappa shape index (κ2) is 16.5. The molecule has 2 nitrogen and oxygen atoms in total. The first kappa shape index (κ1) is 39.4. The summed E-state index contributed by atoms with van der Waals surface area (Å²) < 4.78 is 2.45. The third kappa shape index (κ3) is 6.65. The van der Waals surface area contributed by atoms with E-state index in [2.05, 4.69) is 276 Å². The van der Waals surface area contributed by atoms with Crippen molar-refractivity contribution < 1.29 is 0 Å². The molecule has 0 saturated heterocycles. The highest BCUT2D eigenvalue weighted by Gasteiger charge is 2.21. The Morgan fingerprint density at radius 2 is 0.750 bits per heavy atom. The molecule has 0 aliphatic rings. The molecule has 0 unspecified atom stereocenters. The lowest BCUT2D eigenvalue weighted by Gasteiger charge is -2.27. The van der Waals surface area contributed by atoms with Gasteiger partial charge in [0.2, 0.25) is 0 Å². The minimum Gasteiger partial charge on any atom is -0.310 e. The van der Waals surface area contributed by atoms with E-state index in [1.807, 2.05) is 0 Å². The normalized spacial score (nSPS) is 11.5. The molecular formula is C66H44N2. The van der Waals surface area contributed by atoms with Crippen LogP contribution in [0.3, 0.4) is 0 Å². The molecule has 0 fully saturated rings. The first-order valence-electron chi connectivity index (χ1n) is 23.4. The molecule has 0 N–H and O–H groups in total. The molecule has 12 aromatic carbocycles. The number of benzene rings is 12. The van der Waals surface area contributed by atoms with Gasteiger partial charge in [0.05, 0.1) is 11.0 Å². The van der Waals surface area contributed by atoms with Gasteiger partial charge in [-0.3, -0.25) is 0 Å². The number of anilines is 3. The first-order valence-corrected chi connectivity index (χ1v) is 23.4. The maximum Gasteiger partial charge on any atom is 0.0625 e. The summed E-state index contributed by atoms with van der Waals surface area (Å²) in [6, 6.07) is 97.4. The van der Waals surface area contributed by atoms with Crippen LogP contribution >= 0.6 is 0 Å². The summed E-state index contributed by atoms with van der Waals surface area (Å²) in [6.45, 7) is 0. The highest BCUT2D eigenvalue weighted by molar-refractivity contribution is 6.24. The van der Waals surface area contributed by atoms with Crippen LogP contribution in [-0.2, 0) is 0 Å². The smallest absolute Gasteiger partial charge is 0.0625 e. The van der Waals surface area contributed by atoms with Crippen molar-refractivity contribution in [1.29, 1.82) is 0 Å². The van der Waals surface area contributed by atoms with E-state index in [9.17, 15) is 0 Å². The Hall–Kier alpha value is -8.98.